The number of fused-ring (bicyclic) bond motifs is 5. The number of epoxide rings is 1. The first kappa shape index (κ1) is 30.4. The van der Waals surface area contributed by atoms with Gasteiger partial charge in [0.05, 0.1) is 12.6 Å². The molecule has 6 rings (SSSR count). The summed E-state index contributed by atoms with van der Waals surface area (Å²) in [5.74, 6) is -4.02. The van der Waals surface area contributed by atoms with Crippen molar-refractivity contribution >= 4 is 17.9 Å². The molecule has 4 heterocycles. The Bertz CT molecular complexity index is 1370. The van der Waals surface area contributed by atoms with E-state index >= 15 is 0 Å². The van der Waals surface area contributed by atoms with Crippen molar-refractivity contribution in [2.24, 2.45) is 0 Å². The lowest BCUT2D eigenvalue weighted by Crippen LogP contribution is -2.61. The van der Waals surface area contributed by atoms with E-state index in [1.807, 2.05) is 0 Å². The Morgan fingerprint density at radius 2 is 1.55 bits per heavy atom. The number of hydrogen-bond acceptors (Lipinski definition) is 13. The number of phenolic OH excluding ortho intramolecular Hbond substituents is 1. The predicted octanol–water partition coefficient (Wildman–Crippen LogP) is -0.148. The summed E-state index contributed by atoms with van der Waals surface area (Å²) in [5, 5.41) is 53.6. The lowest BCUT2D eigenvalue weighted by atomic mass is 9.97. The maximum Gasteiger partial charge on any atom is 0.340 e. The molecule has 2 aromatic rings. The van der Waals surface area contributed by atoms with Crippen molar-refractivity contribution in [3.8, 4) is 5.75 Å². The zero-order chi connectivity index (χ0) is 31.3. The number of nitrogens with zero attached hydrogens (tertiary/aromatic N) is 1. The van der Waals surface area contributed by atoms with E-state index in [9.17, 15) is 40.0 Å². The normalized spacial score (nSPS) is 37.8. The van der Waals surface area contributed by atoms with Gasteiger partial charge in [0.2, 0.25) is 6.29 Å². The fourth-order valence-corrected chi connectivity index (χ4v) is 6.39. The molecule has 4 aliphatic heterocycles. The predicted molar refractivity (Wildman–Crippen MR) is 145 cm³/mol. The Morgan fingerprint density at radius 1 is 0.909 bits per heavy atom. The summed E-state index contributed by atoms with van der Waals surface area (Å²) in [6.45, 7) is -0.520. The van der Waals surface area contributed by atoms with Gasteiger partial charge in [0.25, 0.3) is 0 Å². The molecule has 4 aliphatic rings. The monoisotopic (exact) mass is 615 g/mol. The molecule has 0 spiro atoms. The van der Waals surface area contributed by atoms with Crippen LogP contribution in [-0.2, 0) is 33.3 Å². The number of hydrogen-bond donors (Lipinski definition) is 4. The molecule has 0 amide bonds. The van der Waals surface area contributed by atoms with E-state index in [-0.39, 0.29) is 35.6 Å². The number of quaternary nitrogens is 1. The average molecular weight is 616 g/mol. The number of likely N-dealkylation sites (N-methyl/N-ethyl adjacent to an activating group) is 1. The molecule has 0 aliphatic carbocycles. The summed E-state index contributed by atoms with van der Waals surface area (Å²) in [4.78, 5) is 39.0. The van der Waals surface area contributed by atoms with Crippen molar-refractivity contribution in [3.63, 3.8) is 0 Å². The largest absolute Gasteiger partial charge is 0.632 e. The van der Waals surface area contributed by atoms with Crippen molar-refractivity contribution < 1.29 is 63.1 Å². The third-order valence-electron chi connectivity index (χ3n) is 8.94. The summed E-state index contributed by atoms with van der Waals surface area (Å²) in [5.41, 5.74) is 0.470. The molecule has 4 saturated heterocycles. The Morgan fingerprint density at radius 3 is 2.18 bits per heavy atom. The second kappa shape index (κ2) is 11.7. The van der Waals surface area contributed by atoms with Crippen LogP contribution in [0.3, 0.4) is 0 Å². The quantitative estimate of drug-likeness (QED) is 0.100. The van der Waals surface area contributed by atoms with Gasteiger partial charge in [-0.3, -0.25) is 4.79 Å². The summed E-state index contributed by atoms with van der Waals surface area (Å²) >= 11 is 0. The molecule has 0 aromatic heterocycles. The van der Waals surface area contributed by atoms with Crippen LogP contribution in [0, 0.1) is 5.21 Å². The molecule has 5 unspecified atom stereocenters. The Kier molecular flexibility index (Phi) is 8.09. The first-order valence-corrected chi connectivity index (χ1v) is 14.3. The van der Waals surface area contributed by atoms with Crippen molar-refractivity contribution in [1.29, 1.82) is 0 Å². The van der Waals surface area contributed by atoms with Crippen molar-refractivity contribution in [1.82, 2.24) is 0 Å². The molecule has 4 N–H and O–H groups in total. The number of carbonyl (C=O) groups is 3. The van der Waals surface area contributed by atoms with Crippen molar-refractivity contribution in [3.05, 3.63) is 70.9 Å². The van der Waals surface area contributed by atoms with Crippen LogP contribution in [0.5, 0.6) is 5.75 Å². The van der Waals surface area contributed by atoms with E-state index in [1.54, 1.807) is 37.4 Å². The highest BCUT2D eigenvalue weighted by molar-refractivity contribution is 5.89. The number of aromatic hydroxyl groups is 1. The average Bonchev–Trinajstić information content (AvgIpc) is 3.77. The van der Waals surface area contributed by atoms with Crippen LogP contribution in [0.1, 0.15) is 34.7 Å². The molecule has 44 heavy (non-hydrogen) atoms. The van der Waals surface area contributed by atoms with Gasteiger partial charge in [0, 0.05) is 12.8 Å². The molecular weight excluding hydrogens is 582 g/mol. The highest BCUT2D eigenvalue weighted by atomic mass is 16.7. The molecule has 0 radical (unpaired) electrons. The van der Waals surface area contributed by atoms with Gasteiger partial charge in [-0.1, -0.05) is 30.3 Å². The second-order valence-electron chi connectivity index (χ2n) is 11.7. The first-order valence-electron chi connectivity index (χ1n) is 14.3. The van der Waals surface area contributed by atoms with Gasteiger partial charge >= 0.3 is 17.9 Å². The van der Waals surface area contributed by atoms with Crippen LogP contribution in [0.25, 0.3) is 0 Å². The minimum atomic E-state index is -1.95. The molecule has 0 saturated carbocycles. The molecule has 2 bridgehead atoms. The van der Waals surface area contributed by atoms with Crippen molar-refractivity contribution in [2.45, 2.75) is 79.9 Å². The minimum Gasteiger partial charge on any atom is -0.632 e. The van der Waals surface area contributed by atoms with E-state index in [0.717, 1.165) is 0 Å². The topological polar surface area (TPSA) is 205 Å². The van der Waals surface area contributed by atoms with Gasteiger partial charge in [-0.15, -0.1) is 0 Å². The van der Waals surface area contributed by atoms with Crippen LogP contribution in [0.2, 0.25) is 0 Å². The van der Waals surface area contributed by atoms with Crippen LogP contribution < -0.4 is 0 Å². The summed E-state index contributed by atoms with van der Waals surface area (Å²) in [6, 6.07) is 12.8. The number of morpholine rings is 1. The first-order chi connectivity index (χ1) is 21.0. The number of aliphatic hydroxyl groups is 3. The van der Waals surface area contributed by atoms with Crippen molar-refractivity contribution in [2.75, 3.05) is 13.7 Å². The van der Waals surface area contributed by atoms with E-state index in [4.69, 9.17) is 23.7 Å². The molecule has 14 nitrogen and oxygen atoms in total. The molecule has 14 heteroatoms. The van der Waals surface area contributed by atoms with Crippen LogP contribution in [0.4, 0.5) is 0 Å². The number of piperidine rings is 1. The number of carbonyl (C=O) groups excluding carboxylic acids is 3. The fraction of sp³-hybridized carbons (Fsp3) is 0.500. The van der Waals surface area contributed by atoms with Gasteiger partial charge in [0.1, 0.15) is 67.0 Å². The number of phenols is 1. The van der Waals surface area contributed by atoms with E-state index < -0.39 is 71.9 Å². The third-order valence-corrected chi connectivity index (χ3v) is 8.94. The van der Waals surface area contributed by atoms with Gasteiger partial charge in [-0.25, -0.2) is 9.59 Å². The fourth-order valence-electron chi connectivity index (χ4n) is 6.39. The Labute approximate surface area is 251 Å². The maximum atomic E-state index is 13.4. The summed E-state index contributed by atoms with van der Waals surface area (Å²) < 4.78 is 26.9. The number of esters is 3. The second-order valence-corrected chi connectivity index (χ2v) is 11.7. The number of hydroxylamine groups is 3. The highest BCUT2D eigenvalue weighted by Gasteiger charge is 2.69. The zero-order valence-electron chi connectivity index (χ0n) is 23.6. The van der Waals surface area contributed by atoms with E-state index in [0.29, 0.717) is 18.4 Å². The van der Waals surface area contributed by atoms with E-state index in [2.05, 4.69) is 0 Å². The zero-order valence-corrected chi connectivity index (χ0v) is 23.6. The molecule has 10 atom stereocenters. The molecule has 4 fully saturated rings. The number of ether oxygens (including phenoxy) is 5. The van der Waals surface area contributed by atoms with Gasteiger partial charge < -0.3 is 54.0 Å². The highest BCUT2D eigenvalue weighted by Crippen LogP contribution is 2.52. The van der Waals surface area contributed by atoms with Crippen LogP contribution in [-0.4, -0.2) is 118 Å². The SMILES string of the molecule is C[N+]1([O-])C2CC(OC(=O)C(COC(=O)[C@H]3O[C@@H](OC(=O)c4ccc(O)cc4)[C@H](O)[C@@H](O)[C@@H]3O)c3ccccc3)CC1C1OC12. The summed E-state index contributed by atoms with van der Waals surface area (Å²) in [6.07, 6.45) is -9.62. The Hall–Kier alpha value is -3.63. The van der Waals surface area contributed by atoms with Gasteiger partial charge in [-0.05, 0) is 29.8 Å². The maximum absolute atomic E-state index is 13.4. The van der Waals surface area contributed by atoms with Gasteiger partial charge in [-0.2, -0.15) is 0 Å². The lowest BCUT2D eigenvalue weighted by Gasteiger charge is -2.51. The molecule has 2 aromatic carbocycles. The van der Waals surface area contributed by atoms with Gasteiger partial charge in [0.15, 0.2) is 6.10 Å². The van der Waals surface area contributed by atoms with E-state index in [1.165, 1.54) is 24.3 Å². The standard InChI is InChI=1S/C30H33NO13/c1-31(39)19-11-17(12-20(31)25-24(19)42-25)41-28(37)18(14-5-3-2-4-6-14)13-40-29(38)26-22(34)21(33)23(35)30(43-26)44-27(36)15-7-9-16(32)10-8-15/h2-10,17-26,30,32-35H,11-13H2,1H3/t17?,18?,19?,20?,21-,22-,23+,24?,25?,26-,30-,31?/m0/s1. The Balaban J connectivity index is 1.11. The molecule has 236 valence electrons. The van der Waals surface area contributed by atoms with Crippen LogP contribution in [0.15, 0.2) is 54.6 Å². The smallest absolute Gasteiger partial charge is 0.340 e. The minimum absolute atomic E-state index is 0.0168. The summed E-state index contributed by atoms with van der Waals surface area (Å²) in [7, 11) is 1.62. The van der Waals surface area contributed by atoms with Crippen LogP contribution >= 0.6 is 0 Å². The number of benzene rings is 2. The third kappa shape index (κ3) is 5.65. The number of rotatable bonds is 8. The molecular formula is C30H33NO13. The lowest BCUT2D eigenvalue weighted by molar-refractivity contribution is -0.911. The number of aliphatic hydroxyl groups excluding tert-OH is 3.